The van der Waals surface area contributed by atoms with Crippen molar-refractivity contribution in [3.8, 4) is 5.75 Å². The fraction of sp³-hybridized carbons (Fsp3) is 0.357. The molecule has 2 heterocycles. The third-order valence-corrected chi connectivity index (χ3v) is 6.40. The van der Waals surface area contributed by atoms with Crippen LogP contribution in [0.4, 0.5) is 0 Å². The Morgan fingerprint density at radius 2 is 1.94 bits per heavy atom. The van der Waals surface area contributed by atoms with Crippen LogP contribution in [0, 0.1) is 6.92 Å². The number of nitrogens with zero attached hydrogens (tertiary/aromatic N) is 2. The van der Waals surface area contributed by atoms with Gasteiger partial charge in [0.2, 0.25) is 5.91 Å². The third kappa shape index (κ3) is 4.86. The second-order valence-corrected chi connectivity index (χ2v) is 8.74. The lowest BCUT2D eigenvalue weighted by Crippen LogP contribution is -2.40. The van der Waals surface area contributed by atoms with E-state index in [1.807, 2.05) is 36.9 Å². The third-order valence-electron chi connectivity index (χ3n) is 6.40. The van der Waals surface area contributed by atoms with E-state index < -0.39 is 0 Å². The Hall–Kier alpha value is -3.54. The smallest absolute Gasteiger partial charge is 0.289 e. The number of ether oxygens (including phenoxy) is 1. The molecule has 0 bridgehead atoms. The predicted octanol–water partition coefficient (Wildman–Crippen LogP) is 5.14. The molecule has 1 aliphatic heterocycles. The number of carbonyl (C=O) groups excluding carboxylic acids is 2. The molecule has 0 fully saturated rings. The molecule has 0 saturated carbocycles. The Labute approximate surface area is 201 Å². The summed E-state index contributed by atoms with van der Waals surface area (Å²) in [6.45, 7) is 7.42. The number of benzene rings is 2. The zero-order valence-corrected chi connectivity index (χ0v) is 20.3. The summed E-state index contributed by atoms with van der Waals surface area (Å²) < 4.78 is 11.7. The van der Waals surface area contributed by atoms with Crippen LogP contribution in [0.5, 0.6) is 5.75 Å². The van der Waals surface area contributed by atoms with E-state index >= 15 is 0 Å². The van der Waals surface area contributed by atoms with Gasteiger partial charge in [0.25, 0.3) is 5.91 Å². The van der Waals surface area contributed by atoms with Crippen LogP contribution in [-0.2, 0) is 17.8 Å². The number of aryl methyl sites for hydroxylation is 1. The van der Waals surface area contributed by atoms with Crippen molar-refractivity contribution < 1.29 is 18.7 Å². The molecule has 0 aliphatic carbocycles. The fourth-order valence-electron chi connectivity index (χ4n) is 4.41. The van der Waals surface area contributed by atoms with E-state index in [9.17, 15) is 9.59 Å². The number of rotatable bonds is 7. The van der Waals surface area contributed by atoms with Gasteiger partial charge in [0.05, 0.1) is 6.04 Å². The van der Waals surface area contributed by atoms with E-state index in [0.29, 0.717) is 36.8 Å². The van der Waals surface area contributed by atoms with Crippen molar-refractivity contribution in [2.24, 2.45) is 0 Å². The van der Waals surface area contributed by atoms with Gasteiger partial charge < -0.3 is 19.0 Å². The van der Waals surface area contributed by atoms with Crippen molar-refractivity contribution in [2.45, 2.75) is 46.3 Å². The normalized spacial score (nSPS) is 15.1. The van der Waals surface area contributed by atoms with Crippen molar-refractivity contribution in [2.75, 3.05) is 20.1 Å². The Morgan fingerprint density at radius 1 is 1.12 bits per heavy atom. The minimum absolute atomic E-state index is 0.142. The van der Waals surface area contributed by atoms with Crippen molar-refractivity contribution in [1.29, 1.82) is 0 Å². The molecule has 0 spiro atoms. The number of carbonyl (C=O) groups is 2. The van der Waals surface area contributed by atoms with Crippen LogP contribution >= 0.6 is 0 Å². The predicted molar refractivity (Wildman–Crippen MR) is 131 cm³/mol. The molecule has 1 aliphatic rings. The van der Waals surface area contributed by atoms with Gasteiger partial charge in [-0.1, -0.05) is 42.8 Å². The second-order valence-electron chi connectivity index (χ2n) is 8.74. The van der Waals surface area contributed by atoms with Crippen molar-refractivity contribution >= 4 is 11.8 Å². The molecule has 34 heavy (non-hydrogen) atoms. The van der Waals surface area contributed by atoms with Crippen molar-refractivity contribution in [3.05, 3.63) is 88.4 Å². The lowest BCUT2D eigenvalue weighted by molar-refractivity contribution is -0.132. The van der Waals surface area contributed by atoms with Crippen LogP contribution in [0.25, 0.3) is 0 Å². The van der Waals surface area contributed by atoms with E-state index in [1.54, 1.807) is 24.1 Å². The highest BCUT2D eigenvalue weighted by Gasteiger charge is 2.31. The lowest BCUT2D eigenvalue weighted by atomic mass is 9.87. The maximum absolute atomic E-state index is 12.8. The summed E-state index contributed by atoms with van der Waals surface area (Å²) in [4.78, 5) is 28.7. The van der Waals surface area contributed by atoms with Gasteiger partial charge >= 0.3 is 0 Å². The number of furan rings is 1. The van der Waals surface area contributed by atoms with Gasteiger partial charge in [-0.25, -0.2) is 0 Å². The minimum Gasteiger partial charge on any atom is -0.486 e. The quantitative estimate of drug-likeness (QED) is 0.490. The summed E-state index contributed by atoms with van der Waals surface area (Å²) >= 11 is 0. The van der Waals surface area contributed by atoms with Crippen LogP contribution in [0.3, 0.4) is 0 Å². The molecular formula is C28H32N2O4. The molecule has 0 saturated heterocycles. The van der Waals surface area contributed by atoms with Gasteiger partial charge in [-0.3, -0.25) is 9.59 Å². The molecule has 1 atom stereocenters. The molecular weight excluding hydrogens is 428 g/mol. The van der Waals surface area contributed by atoms with E-state index in [4.69, 9.17) is 9.15 Å². The van der Waals surface area contributed by atoms with Gasteiger partial charge in [0.1, 0.15) is 18.1 Å². The minimum atomic E-state index is -0.149. The Kier molecular flexibility index (Phi) is 7.06. The highest BCUT2D eigenvalue weighted by Crippen LogP contribution is 2.38. The van der Waals surface area contributed by atoms with Gasteiger partial charge in [0, 0.05) is 26.6 Å². The first-order valence-electron chi connectivity index (χ1n) is 11.9. The highest BCUT2D eigenvalue weighted by atomic mass is 16.5. The average molecular weight is 461 g/mol. The van der Waals surface area contributed by atoms with Crippen molar-refractivity contribution in [3.63, 3.8) is 0 Å². The zero-order chi connectivity index (χ0) is 24.2. The SMILES string of the molecule is CCC(=O)N1CCc2ccc(OCc3ccc(C(=O)N(C)CC)o3)cc2[C@H]1c1cccc(C)c1. The standard InChI is InChI=1S/C28H32N2O4/c1-5-26(31)30-15-14-20-10-11-22(17-24(20)27(30)21-9-7-8-19(3)16-21)33-18-23-12-13-25(34-23)28(32)29(4)6-2/h7-13,16-17,27H,5-6,14-15,18H2,1-4H3/t27-/m1/s1. The number of amides is 2. The Morgan fingerprint density at radius 3 is 2.68 bits per heavy atom. The molecule has 4 rings (SSSR count). The molecule has 2 amide bonds. The molecule has 0 N–H and O–H groups in total. The van der Waals surface area contributed by atoms with Gasteiger partial charge in [-0.2, -0.15) is 0 Å². The zero-order valence-electron chi connectivity index (χ0n) is 20.3. The van der Waals surface area contributed by atoms with Crippen molar-refractivity contribution in [1.82, 2.24) is 9.80 Å². The molecule has 6 heteroatoms. The first-order valence-corrected chi connectivity index (χ1v) is 11.9. The highest BCUT2D eigenvalue weighted by molar-refractivity contribution is 5.91. The van der Waals surface area contributed by atoms with Gasteiger partial charge in [-0.15, -0.1) is 0 Å². The molecule has 178 valence electrons. The summed E-state index contributed by atoms with van der Waals surface area (Å²) in [5.41, 5.74) is 4.59. The number of fused-ring (bicyclic) bond motifs is 1. The summed E-state index contributed by atoms with van der Waals surface area (Å²) in [7, 11) is 1.74. The van der Waals surface area contributed by atoms with E-state index in [2.05, 4.69) is 31.2 Å². The monoisotopic (exact) mass is 460 g/mol. The topological polar surface area (TPSA) is 63.0 Å². The average Bonchev–Trinajstić information content (AvgIpc) is 3.34. The molecule has 3 aromatic rings. The first kappa shape index (κ1) is 23.6. The van der Waals surface area contributed by atoms with Gasteiger partial charge in [-0.05, 0) is 61.2 Å². The van der Waals surface area contributed by atoms with Gasteiger partial charge in [0.15, 0.2) is 5.76 Å². The molecule has 0 radical (unpaired) electrons. The summed E-state index contributed by atoms with van der Waals surface area (Å²) in [5.74, 6) is 1.60. The van der Waals surface area contributed by atoms with Crippen LogP contribution < -0.4 is 4.74 Å². The largest absolute Gasteiger partial charge is 0.486 e. The van der Waals surface area contributed by atoms with E-state index in [0.717, 1.165) is 23.1 Å². The molecule has 2 aromatic carbocycles. The Balaban J connectivity index is 1.59. The van der Waals surface area contributed by atoms with Crippen LogP contribution in [0.2, 0.25) is 0 Å². The number of hydrogen-bond donors (Lipinski definition) is 0. The lowest BCUT2D eigenvalue weighted by Gasteiger charge is -2.38. The van der Waals surface area contributed by atoms with E-state index in [1.165, 1.54) is 5.56 Å². The molecule has 0 unspecified atom stereocenters. The number of hydrogen-bond acceptors (Lipinski definition) is 4. The first-order chi connectivity index (χ1) is 16.4. The Bertz CT molecular complexity index is 1180. The fourth-order valence-corrected chi connectivity index (χ4v) is 4.41. The molecule has 1 aromatic heterocycles. The summed E-state index contributed by atoms with van der Waals surface area (Å²) in [6, 6.07) is 17.8. The second kappa shape index (κ2) is 10.2. The summed E-state index contributed by atoms with van der Waals surface area (Å²) in [5, 5.41) is 0. The van der Waals surface area contributed by atoms with Crippen LogP contribution in [0.1, 0.15) is 64.9 Å². The summed E-state index contributed by atoms with van der Waals surface area (Å²) in [6.07, 6.45) is 1.29. The van der Waals surface area contributed by atoms with Crippen LogP contribution in [0.15, 0.2) is 59.0 Å². The molecule has 6 nitrogen and oxygen atoms in total. The van der Waals surface area contributed by atoms with E-state index in [-0.39, 0.29) is 24.5 Å². The van der Waals surface area contributed by atoms with Crippen LogP contribution in [-0.4, -0.2) is 41.8 Å². The maximum atomic E-state index is 12.8. The maximum Gasteiger partial charge on any atom is 0.289 e.